The van der Waals surface area contributed by atoms with E-state index < -0.39 is 17.5 Å². The number of anilines is 1. The van der Waals surface area contributed by atoms with Crippen LogP contribution >= 0.6 is 11.3 Å². The summed E-state index contributed by atoms with van der Waals surface area (Å²) in [6.45, 7) is 0. The van der Waals surface area contributed by atoms with Gasteiger partial charge in [0.15, 0.2) is 29.3 Å². The Hall–Kier alpha value is -5.49. The van der Waals surface area contributed by atoms with Gasteiger partial charge in [0.1, 0.15) is 22.0 Å². The summed E-state index contributed by atoms with van der Waals surface area (Å²) in [5, 5.41) is 15.3. The summed E-state index contributed by atoms with van der Waals surface area (Å²) in [5.41, 5.74) is 11.4. The quantitative estimate of drug-likeness (QED) is 0.222. The Morgan fingerprint density at radius 1 is 1.12 bits per heavy atom. The molecule has 2 aromatic carbocycles. The molecule has 4 aromatic heterocycles. The van der Waals surface area contributed by atoms with Crippen LogP contribution in [-0.4, -0.2) is 41.8 Å². The van der Waals surface area contributed by atoms with Crippen molar-refractivity contribution in [2.24, 2.45) is 0 Å². The first kappa shape index (κ1) is 26.4. The smallest absolute Gasteiger partial charge is 0.251 e. The minimum absolute atomic E-state index is 0.0480. The van der Waals surface area contributed by atoms with Crippen LogP contribution in [0.25, 0.3) is 38.9 Å². The zero-order chi connectivity index (χ0) is 29.7. The van der Waals surface area contributed by atoms with Gasteiger partial charge in [-0.05, 0) is 72.5 Å². The van der Waals surface area contributed by atoms with E-state index in [-0.39, 0.29) is 17.2 Å². The van der Waals surface area contributed by atoms with E-state index >= 15 is 0 Å². The van der Waals surface area contributed by atoms with E-state index in [0.29, 0.717) is 47.5 Å². The first-order chi connectivity index (χ1) is 20.9. The minimum Gasteiger partial charge on any atom is -0.504 e. The van der Waals surface area contributed by atoms with Crippen LogP contribution in [0.5, 0.6) is 5.75 Å². The van der Waals surface area contributed by atoms with Crippen molar-refractivity contribution in [2.75, 3.05) is 5.73 Å². The number of nitrogens with zero attached hydrogens (tertiary/aromatic N) is 5. The molecular formula is C31H22FN7O3S. The number of nitrogens with two attached hydrogens (primary N) is 1. The number of rotatable bonds is 6. The Kier molecular flexibility index (Phi) is 6.39. The predicted molar refractivity (Wildman–Crippen MR) is 160 cm³/mol. The van der Waals surface area contributed by atoms with Crippen molar-refractivity contribution in [1.82, 2.24) is 29.8 Å². The number of pyridine rings is 2. The monoisotopic (exact) mass is 591 g/mol. The van der Waals surface area contributed by atoms with Crippen molar-refractivity contribution in [3.63, 3.8) is 0 Å². The largest absolute Gasteiger partial charge is 0.504 e. The van der Waals surface area contributed by atoms with Crippen LogP contribution in [0.15, 0.2) is 72.4 Å². The molecule has 1 atom stereocenters. The van der Waals surface area contributed by atoms with Gasteiger partial charge < -0.3 is 16.2 Å². The van der Waals surface area contributed by atoms with Gasteiger partial charge in [-0.1, -0.05) is 6.07 Å². The number of benzene rings is 2. The maximum absolute atomic E-state index is 14.1. The Morgan fingerprint density at radius 3 is 2.79 bits per heavy atom. The summed E-state index contributed by atoms with van der Waals surface area (Å²) in [6, 6.07) is 15.2. The first-order valence-corrected chi connectivity index (χ1v) is 14.2. The van der Waals surface area contributed by atoms with Crippen LogP contribution in [0.3, 0.4) is 0 Å². The standard InChI is InChI=1S/C31H22FN7O3S/c32-22-14-17(12-18(15-40)26(22)41)30(42)38-23-6-3-16-13-19(4-5-20(16)23)39-28(21-2-1-9-34-27(21)33)36-24-7-8-25(37-29(24)39)31-35-10-11-43-31/h1-2,4-5,7-15,23,41H,3,6H2,(H2,33,34)(H,38,42)/t23-/m0/s1. The lowest BCUT2D eigenvalue weighted by atomic mass is 10.1. The molecule has 1 aliphatic rings. The molecule has 7 rings (SSSR count). The average molecular weight is 592 g/mol. The maximum atomic E-state index is 14.1. The lowest BCUT2D eigenvalue weighted by Crippen LogP contribution is -2.27. The van der Waals surface area contributed by atoms with Crippen LogP contribution in [-0.2, 0) is 6.42 Å². The van der Waals surface area contributed by atoms with Crippen LogP contribution in [0.4, 0.5) is 10.2 Å². The number of carbonyl (C=O) groups excluding carboxylic acids is 2. The summed E-state index contributed by atoms with van der Waals surface area (Å²) in [6.07, 6.45) is 4.99. The molecule has 212 valence electrons. The first-order valence-electron chi connectivity index (χ1n) is 13.3. The van der Waals surface area contributed by atoms with Gasteiger partial charge in [-0.2, -0.15) is 0 Å². The number of hydrogen-bond acceptors (Lipinski definition) is 9. The maximum Gasteiger partial charge on any atom is 0.251 e. The minimum atomic E-state index is -1.03. The molecule has 0 aliphatic heterocycles. The molecular weight excluding hydrogens is 569 g/mol. The normalized spacial score (nSPS) is 14.1. The number of nitrogen functional groups attached to an aromatic ring is 1. The van der Waals surface area contributed by atoms with Gasteiger partial charge >= 0.3 is 0 Å². The van der Waals surface area contributed by atoms with Crippen molar-refractivity contribution < 1.29 is 19.1 Å². The number of phenolic OH excluding ortho intramolecular Hbond substituents is 1. The third-order valence-corrected chi connectivity index (χ3v) is 8.28. The Labute approximate surface area is 247 Å². The van der Waals surface area contributed by atoms with Crippen molar-refractivity contribution >= 4 is 40.5 Å². The Bertz CT molecular complexity index is 2060. The van der Waals surface area contributed by atoms with Crippen LogP contribution in [0.2, 0.25) is 0 Å². The highest BCUT2D eigenvalue weighted by Crippen LogP contribution is 2.36. The summed E-state index contributed by atoms with van der Waals surface area (Å²) in [7, 11) is 0. The fourth-order valence-electron chi connectivity index (χ4n) is 5.43. The topological polar surface area (TPSA) is 149 Å². The number of halogens is 1. The van der Waals surface area contributed by atoms with E-state index in [4.69, 9.17) is 15.7 Å². The molecule has 1 amide bonds. The van der Waals surface area contributed by atoms with Crippen molar-refractivity contribution in [1.29, 1.82) is 0 Å². The molecule has 4 heterocycles. The highest BCUT2D eigenvalue weighted by molar-refractivity contribution is 7.13. The lowest BCUT2D eigenvalue weighted by molar-refractivity contribution is 0.0936. The van der Waals surface area contributed by atoms with E-state index in [2.05, 4.69) is 15.3 Å². The summed E-state index contributed by atoms with van der Waals surface area (Å²) in [5.74, 6) is -1.43. The number of amides is 1. The molecule has 12 heteroatoms. The summed E-state index contributed by atoms with van der Waals surface area (Å²) >= 11 is 1.50. The summed E-state index contributed by atoms with van der Waals surface area (Å²) in [4.78, 5) is 42.7. The number of aryl methyl sites for hydroxylation is 1. The predicted octanol–water partition coefficient (Wildman–Crippen LogP) is 5.26. The fourth-order valence-corrected chi connectivity index (χ4v) is 6.04. The van der Waals surface area contributed by atoms with Crippen molar-refractivity contribution in [3.05, 3.63) is 100 Å². The molecule has 0 unspecified atom stereocenters. The number of aromatic nitrogens is 5. The third-order valence-electron chi connectivity index (χ3n) is 7.49. The number of thiazole rings is 1. The Morgan fingerprint density at radius 2 is 2.00 bits per heavy atom. The second kappa shape index (κ2) is 10.4. The molecule has 0 saturated carbocycles. The van der Waals surface area contributed by atoms with Crippen LogP contribution in [0.1, 0.15) is 44.3 Å². The zero-order valence-corrected chi connectivity index (χ0v) is 23.2. The van der Waals surface area contributed by atoms with E-state index in [9.17, 15) is 19.1 Å². The third kappa shape index (κ3) is 4.57. The van der Waals surface area contributed by atoms with Gasteiger partial charge in [0, 0.05) is 29.0 Å². The molecule has 0 spiro atoms. The highest BCUT2D eigenvalue weighted by atomic mass is 32.1. The Balaban J connectivity index is 1.28. The molecule has 10 nitrogen and oxygen atoms in total. The number of hydrogen-bond donors (Lipinski definition) is 3. The summed E-state index contributed by atoms with van der Waals surface area (Å²) < 4.78 is 16.0. The molecule has 0 radical (unpaired) electrons. The SMILES string of the molecule is Nc1ncccc1-c1nc2ccc(-c3nccs3)nc2n1-c1ccc2c(c1)CC[C@@H]2NC(=O)c1cc(F)c(O)c(C=O)c1. The van der Waals surface area contributed by atoms with Crippen LogP contribution < -0.4 is 11.1 Å². The number of nitrogens with one attached hydrogen (secondary N) is 1. The van der Waals surface area contributed by atoms with E-state index in [1.165, 1.54) is 17.4 Å². The molecule has 0 bridgehead atoms. The van der Waals surface area contributed by atoms with Gasteiger partial charge in [-0.25, -0.2) is 24.3 Å². The fraction of sp³-hybridized carbons (Fsp3) is 0.0968. The van der Waals surface area contributed by atoms with Gasteiger partial charge in [-0.3, -0.25) is 14.2 Å². The molecule has 0 saturated heterocycles. The average Bonchev–Trinajstić information content (AvgIpc) is 3.77. The second-order valence-corrected chi connectivity index (χ2v) is 10.9. The number of aldehydes is 1. The highest BCUT2D eigenvalue weighted by Gasteiger charge is 2.27. The molecule has 0 fully saturated rings. The van der Waals surface area contributed by atoms with E-state index in [1.54, 1.807) is 18.5 Å². The molecule has 1 aliphatic carbocycles. The van der Waals surface area contributed by atoms with Gasteiger partial charge in [-0.15, -0.1) is 11.3 Å². The van der Waals surface area contributed by atoms with Crippen molar-refractivity contribution in [2.45, 2.75) is 18.9 Å². The van der Waals surface area contributed by atoms with Gasteiger partial charge in [0.2, 0.25) is 0 Å². The number of fused-ring (bicyclic) bond motifs is 2. The van der Waals surface area contributed by atoms with Gasteiger partial charge in [0.25, 0.3) is 5.91 Å². The zero-order valence-electron chi connectivity index (χ0n) is 22.4. The number of phenols is 1. The molecule has 43 heavy (non-hydrogen) atoms. The number of imidazole rings is 1. The van der Waals surface area contributed by atoms with E-state index in [0.717, 1.165) is 33.6 Å². The lowest BCUT2D eigenvalue weighted by Gasteiger charge is -2.16. The molecule has 6 aromatic rings. The number of aromatic hydroxyl groups is 1. The van der Waals surface area contributed by atoms with Crippen molar-refractivity contribution in [3.8, 4) is 33.5 Å². The second-order valence-electron chi connectivity index (χ2n) is 10.0. The van der Waals surface area contributed by atoms with Crippen LogP contribution in [0, 0.1) is 5.82 Å². The van der Waals surface area contributed by atoms with E-state index in [1.807, 2.05) is 46.3 Å². The molecule has 4 N–H and O–H groups in total. The number of carbonyl (C=O) groups is 2. The van der Waals surface area contributed by atoms with Gasteiger partial charge in [0.05, 0.1) is 17.2 Å².